The van der Waals surface area contributed by atoms with Gasteiger partial charge in [0.2, 0.25) is 5.95 Å². The first-order valence-corrected chi connectivity index (χ1v) is 14.3. The molecule has 2 aromatic heterocycles. The summed E-state index contributed by atoms with van der Waals surface area (Å²) in [5, 5.41) is 21.6. The zero-order valence-electron chi connectivity index (χ0n) is 20.5. The van der Waals surface area contributed by atoms with Gasteiger partial charge < -0.3 is 31.2 Å². The quantitative estimate of drug-likeness (QED) is 0.169. The van der Waals surface area contributed by atoms with E-state index in [0.29, 0.717) is 0 Å². The number of aromatic amines is 1. The molecular weight excluding hydrogens is 539 g/mol. The summed E-state index contributed by atoms with van der Waals surface area (Å²) in [5.74, 6) is -0.841. The van der Waals surface area contributed by atoms with Gasteiger partial charge in [-0.2, -0.15) is 4.98 Å². The molecule has 0 bridgehead atoms. The van der Waals surface area contributed by atoms with Gasteiger partial charge in [0.1, 0.15) is 36.6 Å². The van der Waals surface area contributed by atoms with E-state index in [1.807, 2.05) is 30.3 Å². The fraction of sp³-hybridized carbons (Fsp3) is 0.455. The number of nitrogen functional groups attached to an aromatic ring is 1. The van der Waals surface area contributed by atoms with Crippen molar-refractivity contribution in [1.29, 1.82) is 0 Å². The molecule has 1 aliphatic rings. The summed E-state index contributed by atoms with van der Waals surface area (Å²) in [4.78, 5) is 34.7. The zero-order chi connectivity index (χ0) is 27.6. The number of esters is 1. The molecule has 1 saturated heterocycles. The predicted molar refractivity (Wildman–Crippen MR) is 138 cm³/mol. The van der Waals surface area contributed by atoms with Crippen LogP contribution < -0.4 is 17.0 Å². The summed E-state index contributed by atoms with van der Waals surface area (Å²) >= 11 is 0.808. The minimum absolute atomic E-state index is 0.0275. The van der Waals surface area contributed by atoms with Crippen LogP contribution in [0.2, 0.25) is 0 Å². The molecule has 0 spiro atoms. The number of fused-ring (bicyclic) bond motifs is 1. The number of rotatable bonds is 10. The number of ether oxygens (including phenoxy) is 2. The number of carbonyl (C=O) groups is 1. The van der Waals surface area contributed by atoms with Crippen molar-refractivity contribution in [2.45, 2.75) is 50.0 Å². The van der Waals surface area contributed by atoms with E-state index >= 15 is 0 Å². The van der Waals surface area contributed by atoms with Crippen LogP contribution in [0.4, 0.5) is 5.95 Å². The van der Waals surface area contributed by atoms with E-state index in [0.717, 1.165) is 16.9 Å². The third-order valence-electron chi connectivity index (χ3n) is 6.03. The molecule has 7 unspecified atom stereocenters. The maximum absolute atomic E-state index is 12.4. The van der Waals surface area contributed by atoms with Gasteiger partial charge in [0.15, 0.2) is 28.8 Å². The molecule has 1 fully saturated rings. The number of aromatic nitrogens is 4. The average molecular weight is 568 g/mol. The van der Waals surface area contributed by atoms with Gasteiger partial charge in [-0.1, -0.05) is 30.3 Å². The molecule has 0 radical (unpaired) electrons. The molecule has 0 aliphatic carbocycles. The van der Waals surface area contributed by atoms with Crippen molar-refractivity contribution >= 4 is 41.7 Å². The van der Waals surface area contributed by atoms with Crippen LogP contribution in [0.1, 0.15) is 31.7 Å². The number of hydrogen-bond donors (Lipinski definition) is 5. The lowest BCUT2D eigenvalue weighted by Crippen LogP contribution is -2.44. The lowest BCUT2D eigenvalue weighted by molar-refractivity contribution is -0.149. The number of carbonyl (C=O) groups excluding carboxylic acids is 1. The van der Waals surface area contributed by atoms with Gasteiger partial charge in [-0.25, -0.2) is 4.98 Å². The molecule has 1 aliphatic heterocycles. The number of anilines is 1. The number of benzene rings is 1. The van der Waals surface area contributed by atoms with Gasteiger partial charge in [-0.15, -0.1) is 4.52 Å². The number of hydrogen-bond acceptors (Lipinski definition) is 13. The fourth-order valence-corrected chi connectivity index (χ4v) is 5.94. The summed E-state index contributed by atoms with van der Waals surface area (Å²) in [7, 11) is -2.35. The highest BCUT2D eigenvalue weighted by atomic mass is 32.7. The smallest absolute Gasteiger partial charge is 0.457 e. The van der Waals surface area contributed by atoms with E-state index in [4.69, 9.17) is 25.5 Å². The molecule has 204 valence electrons. The van der Waals surface area contributed by atoms with Crippen molar-refractivity contribution < 1.29 is 33.6 Å². The largest absolute Gasteiger partial charge is 0.585 e. The van der Waals surface area contributed by atoms with Crippen molar-refractivity contribution in [3.8, 4) is 0 Å². The Morgan fingerprint density at radius 1 is 1.39 bits per heavy atom. The first-order chi connectivity index (χ1) is 18.0. The number of aliphatic hydroxyl groups is 2. The van der Waals surface area contributed by atoms with Gasteiger partial charge in [-0.3, -0.25) is 19.1 Å². The maximum Gasteiger partial charge on any atom is 0.585 e. The fourth-order valence-electron chi connectivity index (χ4n) is 3.93. The molecule has 0 amide bonds. The summed E-state index contributed by atoms with van der Waals surface area (Å²) in [6, 6.07) is 8.12. The molecule has 3 heterocycles. The lowest BCUT2D eigenvalue weighted by atomic mass is 9.96. The molecule has 4 rings (SSSR count). The molecule has 7 atom stereocenters. The van der Waals surface area contributed by atoms with Crippen LogP contribution >= 0.6 is 18.6 Å². The average Bonchev–Trinajstić information content (AvgIpc) is 3.39. The third kappa shape index (κ3) is 5.89. The lowest BCUT2D eigenvalue weighted by Gasteiger charge is -2.27. The van der Waals surface area contributed by atoms with Crippen molar-refractivity contribution in [2.75, 3.05) is 18.1 Å². The summed E-state index contributed by atoms with van der Waals surface area (Å²) < 4.78 is 30.2. The number of nitrogens with zero attached hydrogens (tertiary/aromatic N) is 3. The second-order valence-corrected chi connectivity index (χ2v) is 11.9. The van der Waals surface area contributed by atoms with Gasteiger partial charge in [0.05, 0.1) is 12.1 Å². The Morgan fingerprint density at radius 2 is 2.11 bits per heavy atom. The Balaban J connectivity index is 1.31. The van der Waals surface area contributed by atoms with E-state index < -0.39 is 54.9 Å². The van der Waals surface area contributed by atoms with Crippen LogP contribution in [-0.4, -0.2) is 71.9 Å². The Bertz CT molecular complexity index is 1370. The van der Waals surface area contributed by atoms with Crippen LogP contribution in [-0.2, 0) is 23.4 Å². The third-order valence-corrected chi connectivity index (χ3v) is 8.50. The van der Waals surface area contributed by atoms with Crippen LogP contribution in [0, 0.1) is 0 Å². The van der Waals surface area contributed by atoms with Crippen molar-refractivity contribution in [3.63, 3.8) is 0 Å². The topological polar surface area (TPSA) is 218 Å². The Kier molecular flexibility index (Phi) is 8.47. The number of nitrogens with one attached hydrogen (secondary N) is 1. The minimum atomic E-state index is -2.35. The predicted octanol–water partition coefficient (Wildman–Crippen LogP) is 0.750. The molecule has 38 heavy (non-hydrogen) atoms. The van der Waals surface area contributed by atoms with Crippen molar-refractivity contribution in [3.05, 3.63) is 52.6 Å². The van der Waals surface area contributed by atoms with Crippen LogP contribution in [0.25, 0.3) is 11.2 Å². The Labute approximate surface area is 221 Å². The van der Waals surface area contributed by atoms with E-state index in [9.17, 15) is 24.4 Å². The maximum atomic E-state index is 12.4. The van der Waals surface area contributed by atoms with Gasteiger partial charge in [0.25, 0.3) is 5.56 Å². The van der Waals surface area contributed by atoms with Crippen LogP contribution in [0.3, 0.4) is 0 Å². The van der Waals surface area contributed by atoms with Crippen molar-refractivity contribution in [1.82, 2.24) is 19.5 Å². The second-order valence-electron chi connectivity index (χ2n) is 8.88. The molecule has 3 aromatic rings. The van der Waals surface area contributed by atoms with E-state index in [-0.39, 0.29) is 29.5 Å². The molecule has 7 N–H and O–H groups in total. The monoisotopic (exact) mass is 567 g/mol. The molecule has 0 saturated carbocycles. The van der Waals surface area contributed by atoms with E-state index in [1.165, 1.54) is 17.8 Å². The minimum Gasteiger partial charge on any atom is -0.457 e. The SMILES string of the molecule is CC(OC(=O)C(N)CS[P+](=O)OCC1OC(n2cnc3c(=O)[nH]c(N)nc32)C(C)(O)C1O)c1ccccc1. The van der Waals surface area contributed by atoms with E-state index in [2.05, 4.69) is 15.0 Å². The summed E-state index contributed by atoms with van der Waals surface area (Å²) in [6.45, 7) is 2.71. The number of H-pyrrole nitrogens is 1. The summed E-state index contributed by atoms with van der Waals surface area (Å²) in [5.41, 5.74) is 9.92. The molecule has 1 aromatic carbocycles. The van der Waals surface area contributed by atoms with Gasteiger partial charge in [-0.05, 0) is 24.0 Å². The van der Waals surface area contributed by atoms with Crippen LogP contribution in [0.15, 0.2) is 41.5 Å². The Hall–Kier alpha value is -2.91. The highest BCUT2D eigenvalue weighted by molar-refractivity contribution is 8.50. The zero-order valence-corrected chi connectivity index (χ0v) is 22.2. The summed E-state index contributed by atoms with van der Waals surface area (Å²) in [6.07, 6.45) is -3.00. The number of aliphatic hydroxyl groups excluding tert-OH is 1. The van der Waals surface area contributed by atoms with E-state index in [1.54, 1.807) is 6.92 Å². The molecule has 14 nitrogen and oxygen atoms in total. The first kappa shape index (κ1) is 28.1. The normalized spacial score (nSPS) is 25.3. The van der Waals surface area contributed by atoms with Gasteiger partial charge >= 0.3 is 13.2 Å². The van der Waals surface area contributed by atoms with Crippen LogP contribution in [0.5, 0.6) is 0 Å². The number of nitrogens with two attached hydrogens (primary N) is 2. The molecule has 16 heteroatoms. The highest BCUT2D eigenvalue weighted by Gasteiger charge is 2.54. The highest BCUT2D eigenvalue weighted by Crippen LogP contribution is 2.43. The number of imidazole rings is 1. The van der Waals surface area contributed by atoms with Crippen molar-refractivity contribution in [2.24, 2.45) is 5.73 Å². The second kappa shape index (κ2) is 11.5. The Morgan fingerprint density at radius 3 is 2.82 bits per heavy atom. The first-order valence-electron chi connectivity index (χ1n) is 11.5. The van der Waals surface area contributed by atoms with Gasteiger partial charge in [0, 0.05) is 0 Å². The molecular formula is C22H28N6O8PS+. The standard InChI is InChI=1S/C22H27N6O8PS/c1-11(12-6-4-3-5-7-12)35-19(31)13(23)9-38-37(33)34-8-14-16(29)22(2,32)20(36-14)28-10-25-15-17(28)26-21(24)27-18(15)30/h3-7,10-11,13-14,16,20,29,32H,8-9,23H2,1-2H3,(H2-,24,26,27,30)/p+1.